The smallest absolute Gasteiger partial charge is 0.338 e. The molecule has 60 heavy (non-hydrogen) atoms. The van der Waals surface area contributed by atoms with Gasteiger partial charge >= 0.3 is 17.9 Å². The summed E-state index contributed by atoms with van der Waals surface area (Å²) in [4.78, 5) is 54.8. The molecule has 0 radical (unpaired) electrons. The fourth-order valence-corrected chi connectivity index (χ4v) is 5.59. The molecule has 0 fully saturated rings. The van der Waals surface area contributed by atoms with Crippen molar-refractivity contribution >= 4 is 23.7 Å². The Labute approximate surface area is 344 Å². The molecule has 3 heterocycles. The summed E-state index contributed by atoms with van der Waals surface area (Å²) in [5.74, 6) is -3.19. The normalized spacial score (nSPS) is 11.6. The number of methoxy groups -OCH3 is 1. The summed E-state index contributed by atoms with van der Waals surface area (Å²) in [5, 5.41) is 15.8. The van der Waals surface area contributed by atoms with Crippen molar-refractivity contribution in [2.24, 2.45) is 5.41 Å². The van der Waals surface area contributed by atoms with E-state index in [2.05, 4.69) is 30.4 Å². The molecule has 17 heteroatoms. The van der Waals surface area contributed by atoms with Crippen molar-refractivity contribution in [3.8, 4) is 23.5 Å². The predicted molar refractivity (Wildman–Crippen MR) is 214 cm³/mol. The number of amidine groups is 1. The number of carbonyl (C=O) groups excluding carboxylic acids is 3. The highest BCUT2D eigenvalue weighted by atomic mass is 19.1. The van der Waals surface area contributed by atoms with Crippen molar-refractivity contribution in [1.29, 1.82) is 5.41 Å². The molecule has 0 saturated carbocycles. The zero-order chi connectivity index (χ0) is 42.6. The number of rotatable bonds is 16. The monoisotopic (exact) mass is 816 g/mol. The van der Waals surface area contributed by atoms with Crippen LogP contribution in [0.2, 0.25) is 0 Å². The van der Waals surface area contributed by atoms with Gasteiger partial charge in [0.15, 0.2) is 17.4 Å². The number of esters is 2. The van der Waals surface area contributed by atoms with Crippen LogP contribution in [0, 0.1) is 16.6 Å². The maximum atomic E-state index is 16.8. The van der Waals surface area contributed by atoms with Gasteiger partial charge in [-0.15, -0.1) is 9.78 Å². The van der Waals surface area contributed by atoms with E-state index in [0.717, 1.165) is 0 Å². The van der Waals surface area contributed by atoms with Crippen LogP contribution in [0.25, 0.3) is 5.95 Å². The minimum atomic E-state index is -0.959. The van der Waals surface area contributed by atoms with Crippen LogP contribution in [0.1, 0.15) is 69.9 Å². The van der Waals surface area contributed by atoms with Gasteiger partial charge in [-0.25, -0.2) is 19.2 Å². The van der Waals surface area contributed by atoms with Gasteiger partial charge in [-0.3, -0.25) is 20.0 Å². The second-order valence-electron chi connectivity index (χ2n) is 14.1. The Morgan fingerprint density at radius 3 is 2.23 bits per heavy atom. The van der Waals surface area contributed by atoms with E-state index in [1.54, 1.807) is 81.4 Å². The second-order valence-corrected chi connectivity index (χ2v) is 14.1. The molecule has 0 aliphatic heterocycles. The molecule has 308 valence electrons. The van der Waals surface area contributed by atoms with Crippen LogP contribution in [0.5, 0.6) is 17.5 Å². The van der Waals surface area contributed by atoms with Crippen molar-refractivity contribution in [3.05, 3.63) is 149 Å². The quantitative estimate of drug-likeness (QED) is 0.0385. The fourth-order valence-electron chi connectivity index (χ4n) is 5.59. The molecule has 6 rings (SSSR count). The van der Waals surface area contributed by atoms with E-state index in [-0.39, 0.29) is 60.3 Å². The lowest BCUT2D eigenvalue weighted by atomic mass is 9.90. The third-order valence-corrected chi connectivity index (χ3v) is 8.74. The largest absolute Gasteiger partial charge is 0.497 e. The van der Waals surface area contributed by atoms with Crippen molar-refractivity contribution in [1.82, 2.24) is 35.0 Å². The van der Waals surface area contributed by atoms with Crippen LogP contribution in [0.4, 0.5) is 4.39 Å². The van der Waals surface area contributed by atoms with Gasteiger partial charge in [-0.05, 0) is 69.2 Å². The van der Waals surface area contributed by atoms with Gasteiger partial charge in [0.1, 0.15) is 24.8 Å². The zero-order valence-electron chi connectivity index (χ0n) is 33.1. The molecule has 3 aromatic carbocycles. The molecule has 0 aliphatic carbocycles. The number of aromatic nitrogens is 6. The standard InChI is InChI=1S/C43H41FN8O8/c1-43(2,3)40(55)59-26-60-42-50-37(51-52(42)41-47-17-8-18-48-41)33(23-27-11-13-28(14-12-27)36(45)49-38(53)29-9-6-5-7-10-29)32-24-31(56-4)25-34(35(32)44)57-21-22-58-39(54)30-15-19-46-20-16-30/h5-20,24-25,33H,21-23,26H2,1-4H3,(H2,45,49,53)/t33-/m1/s1. The first-order chi connectivity index (χ1) is 28.9. The predicted octanol–water partition coefficient (Wildman–Crippen LogP) is 5.89. The first-order valence-corrected chi connectivity index (χ1v) is 18.6. The Balaban J connectivity index is 1.33. The summed E-state index contributed by atoms with van der Waals surface area (Å²) in [6, 6.07) is 22.7. The van der Waals surface area contributed by atoms with Crippen LogP contribution in [0.15, 0.2) is 110 Å². The van der Waals surface area contributed by atoms with Crippen molar-refractivity contribution in [2.45, 2.75) is 33.1 Å². The van der Waals surface area contributed by atoms with E-state index in [4.69, 9.17) is 29.1 Å². The highest BCUT2D eigenvalue weighted by Crippen LogP contribution is 2.37. The molecule has 1 amide bonds. The molecule has 0 bridgehead atoms. The van der Waals surface area contributed by atoms with Gasteiger partial charge in [-0.2, -0.15) is 4.98 Å². The summed E-state index contributed by atoms with van der Waals surface area (Å²) in [6.07, 6.45) is 6.00. The highest BCUT2D eigenvalue weighted by Gasteiger charge is 2.30. The Kier molecular flexibility index (Phi) is 13.5. The first-order valence-electron chi connectivity index (χ1n) is 18.6. The summed E-state index contributed by atoms with van der Waals surface area (Å²) in [6.45, 7) is 4.20. The van der Waals surface area contributed by atoms with Crippen LogP contribution in [-0.4, -0.2) is 80.5 Å². The molecule has 3 aromatic heterocycles. The van der Waals surface area contributed by atoms with Crippen LogP contribution >= 0.6 is 0 Å². The van der Waals surface area contributed by atoms with Gasteiger partial charge in [0.05, 0.1) is 24.0 Å². The van der Waals surface area contributed by atoms with Gasteiger partial charge in [-0.1, -0.05) is 42.5 Å². The number of hydrogen-bond acceptors (Lipinski definition) is 14. The number of amides is 1. The topological polar surface area (TPSA) is 203 Å². The Bertz CT molecular complexity index is 2430. The van der Waals surface area contributed by atoms with E-state index in [1.807, 2.05) is 0 Å². The summed E-state index contributed by atoms with van der Waals surface area (Å²) in [5.41, 5.74) is 1.07. The van der Waals surface area contributed by atoms with Crippen molar-refractivity contribution in [2.75, 3.05) is 27.1 Å². The fraction of sp³-hybridized carbons (Fsp3) is 0.233. The van der Waals surface area contributed by atoms with Gasteiger partial charge in [0, 0.05) is 47.5 Å². The van der Waals surface area contributed by atoms with Crippen molar-refractivity contribution < 1.29 is 42.5 Å². The summed E-state index contributed by atoms with van der Waals surface area (Å²) < 4.78 is 45.8. The Morgan fingerprint density at radius 2 is 1.55 bits per heavy atom. The Hall–Kier alpha value is -7.56. The van der Waals surface area contributed by atoms with Gasteiger partial charge < -0.3 is 29.0 Å². The third-order valence-electron chi connectivity index (χ3n) is 8.74. The van der Waals surface area contributed by atoms with Crippen LogP contribution < -0.4 is 19.5 Å². The minimum absolute atomic E-state index is 0.0657. The molecule has 2 N–H and O–H groups in total. The molecule has 0 spiro atoms. The average molecular weight is 817 g/mol. The number of pyridine rings is 1. The van der Waals surface area contributed by atoms with E-state index < -0.39 is 41.8 Å². The molecule has 6 aromatic rings. The maximum absolute atomic E-state index is 16.8. The van der Waals surface area contributed by atoms with E-state index in [1.165, 1.54) is 60.8 Å². The lowest BCUT2D eigenvalue weighted by molar-refractivity contribution is -0.160. The highest BCUT2D eigenvalue weighted by molar-refractivity contribution is 6.11. The number of carbonyl (C=O) groups is 3. The molecule has 0 unspecified atom stereocenters. The number of hydrogen-bond donors (Lipinski definition) is 2. The lowest BCUT2D eigenvalue weighted by Crippen LogP contribution is -2.30. The number of nitrogens with one attached hydrogen (secondary N) is 2. The van der Waals surface area contributed by atoms with E-state index in [9.17, 15) is 14.4 Å². The maximum Gasteiger partial charge on any atom is 0.338 e. The first kappa shape index (κ1) is 42.1. The van der Waals surface area contributed by atoms with Gasteiger partial charge in [0.25, 0.3) is 11.9 Å². The summed E-state index contributed by atoms with van der Waals surface area (Å²) in [7, 11) is 1.42. The minimum Gasteiger partial charge on any atom is -0.497 e. The molecule has 1 atom stereocenters. The SMILES string of the molecule is COc1cc(OCCOC(=O)c2ccncc2)c(F)c([C@@H](Cc2ccc(C(=N)NC(=O)c3ccccc3)cc2)c2nc(OCOC(=O)C(C)(C)C)n(-c3ncccn3)n2)c1. The lowest BCUT2D eigenvalue weighted by Gasteiger charge is -2.19. The molecule has 0 aliphatic rings. The van der Waals surface area contributed by atoms with Crippen LogP contribution in [-0.2, 0) is 20.7 Å². The number of halogens is 1. The molecule has 0 saturated heterocycles. The summed E-state index contributed by atoms with van der Waals surface area (Å²) >= 11 is 0. The van der Waals surface area contributed by atoms with Crippen LogP contribution in [0.3, 0.4) is 0 Å². The molecular weight excluding hydrogens is 776 g/mol. The average Bonchev–Trinajstić information content (AvgIpc) is 3.69. The number of benzene rings is 3. The van der Waals surface area contributed by atoms with E-state index >= 15 is 4.39 Å². The number of nitrogens with zero attached hydrogens (tertiary/aromatic N) is 6. The zero-order valence-corrected chi connectivity index (χ0v) is 33.1. The third kappa shape index (κ3) is 10.7. The Morgan fingerprint density at radius 1 is 0.833 bits per heavy atom. The number of ether oxygens (including phenoxy) is 5. The van der Waals surface area contributed by atoms with Crippen molar-refractivity contribution in [3.63, 3.8) is 0 Å². The molecular formula is C43H41FN8O8. The molecule has 16 nitrogen and oxygen atoms in total. The van der Waals surface area contributed by atoms with Gasteiger partial charge in [0.2, 0.25) is 6.79 Å². The van der Waals surface area contributed by atoms with E-state index in [0.29, 0.717) is 22.3 Å². The second kappa shape index (κ2) is 19.3.